The van der Waals surface area contributed by atoms with Crippen molar-refractivity contribution in [3.05, 3.63) is 34.9 Å². The van der Waals surface area contributed by atoms with Crippen LogP contribution in [0.25, 0.3) is 0 Å². The van der Waals surface area contributed by atoms with Crippen LogP contribution >= 0.6 is 11.6 Å². The van der Waals surface area contributed by atoms with Gasteiger partial charge in [-0.15, -0.1) is 0 Å². The van der Waals surface area contributed by atoms with Crippen LogP contribution in [0.5, 0.6) is 0 Å². The van der Waals surface area contributed by atoms with Gasteiger partial charge in [0, 0.05) is 11.1 Å². The van der Waals surface area contributed by atoms with E-state index in [9.17, 15) is 5.11 Å². The zero-order chi connectivity index (χ0) is 11.5. The highest BCUT2D eigenvalue weighted by atomic mass is 35.5. The predicted octanol–water partition coefficient (Wildman–Crippen LogP) is 1.75. The summed E-state index contributed by atoms with van der Waals surface area (Å²) in [7, 11) is 0. The molecule has 16 heavy (non-hydrogen) atoms. The quantitative estimate of drug-likeness (QED) is 0.847. The van der Waals surface area contributed by atoms with E-state index in [1.165, 1.54) is 0 Å². The second-order valence-corrected chi connectivity index (χ2v) is 4.59. The maximum Gasteiger partial charge on any atom is 0.0948 e. The Bertz CT molecular complexity index is 359. The number of benzene rings is 1. The standard InChI is InChI=1S/C12H16ClNO2/c1-8(9-3-2-4-10(13)5-9)14-11-6-16-7-12(11)15/h2-5,8,11-12,14-15H,6-7H2,1H3/t8-,11?,12?/m0/s1. The first-order valence-electron chi connectivity index (χ1n) is 5.44. The molecule has 0 saturated carbocycles. The smallest absolute Gasteiger partial charge is 0.0948 e. The lowest BCUT2D eigenvalue weighted by atomic mass is 10.1. The van der Waals surface area contributed by atoms with Crippen molar-refractivity contribution in [1.29, 1.82) is 0 Å². The van der Waals surface area contributed by atoms with Crippen molar-refractivity contribution >= 4 is 11.6 Å². The normalized spacial score (nSPS) is 26.9. The van der Waals surface area contributed by atoms with E-state index >= 15 is 0 Å². The van der Waals surface area contributed by atoms with Crippen LogP contribution < -0.4 is 5.32 Å². The molecule has 88 valence electrons. The first-order chi connectivity index (χ1) is 7.66. The minimum absolute atomic E-state index is 0.00832. The first kappa shape index (κ1) is 11.9. The maximum absolute atomic E-state index is 9.63. The molecule has 2 N–H and O–H groups in total. The number of halogens is 1. The lowest BCUT2D eigenvalue weighted by molar-refractivity contribution is 0.121. The van der Waals surface area contributed by atoms with Gasteiger partial charge in [-0.3, -0.25) is 0 Å². The third-order valence-corrected chi connectivity index (χ3v) is 3.10. The summed E-state index contributed by atoms with van der Waals surface area (Å²) in [4.78, 5) is 0. The molecule has 0 amide bonds. The number of hydrogen-bond donors (Lipinski definition) is 2. The molecule has 0 aliphatic carbocycles. The zero-order valence-electron chi connectivity index (χ0n) is 9.19. The minimum Gasteiger partial charge on any atom is -0.389 e. The first-order valence-corrected chi connectivity index (χ1v) is 5.82. The van der Waals surface area contributed by atoms with E-state index in [-0.39, 0.29) is 12.1 Å². The zero-order valence-corrected chi connectivity index (χ0v) is 9.95. The van der Waals surface area contributed by atoms with E-state index in [1.807, 2.05) is 24.3 Å². The molecule has 1 saturated heterocycles. The molecule has 4 heteroatoms. The summed E-state index contributed by atoms with van der Waals surface area (Å²) in [5.41, 5.74) is 1.12. The van der Waals surface area contributed by atoms with Gasteiger partial charge in [-0.2, -0.15) is 0 Å². The summed E-state index contributed by atoms with van der Waals surface area (Å²) >= 11 is 5.93. The van der Waals surface area contributed by atoms with E-state index in [4.69, 9.17) is 16.3 Å². The van der Waals surface area contributed by atoms with Crippen molar-refractivity contribution in [2.45, 2.75) is 25.1 Å². The fourth-order valence-corrected chi connectivity index (χ4v) is 2.09. The highest BCUT2D eigenvalue weighted by Crippen LogP contribution is 2.19. The largest absolute Gasteiger partial charge is 0.389 e. The van der Waals surface area contributed by atoms with Crippen LogP contribution in [-0.2, 0) is 4.74 Å². The van der Waals surface area contributed by atoms with Gasteiger partial charge >= 0.3 is 0 Å². The van der Waals surface area contributed by atoms with Crippen LogP contribution in [0.3, 0.4) is 0 Å². The maximum atomic E-state index is 9.63. The van der Waals surface area contributed by atoms with E-state index in [2.05, 4.69) is 12.2 Å². The van der Waals surface area contributed by atoms with Crippen molar-refractivity contribution in [2.75, 3.05) is 13.2 Å². The Balaban J connectivity index is 1.99. The fourth-order valence-electron chi connectivity index (χ4n) is 1.90. The van der Waals surface area contributed by atoms with Crippen molar-refractivity contribution in [3.63, 3.8) is 0 Å². The molecule has 0 spiro atoms. The Hall–Kier alpha value is -0.610. The van der Waals surface area contributed by atoms with Gasteiger partial charge in [-0.25, -0.2) is 0 Å². The third-order valence-electron chi connectivity index (χ3n) is 2.86. The molecule has 2 rings (SSSR count). The Kier molecular flexibility index (Phi) is 3.82. The van der Waals surface area contributed by atoms with Gasteiger partial charge in [0.1, 0.15) is 0 Å². The molecular formula is C12H16ClNO2. The lowest BCUT2D eigenvalue weighted by Gasteiger charge is -2.21. The molecule has 1 aromatic rings. The molecule has 1 aliphatic heterocycles. The van der Waals surface area contributed by atoms with Gasteiger partial charge < -0.3 is 15.2 Å². The highest BCUT2D eigenvalue weighted by Gasteiger charge is 2.27. The molecule has 1 aliphatic rings. The van der Waals surface area contributed by atoms with E-state index in [0.29, 0.717) is 13.2 Å². The van der Waals surface area contributed by atoms with Crippen LogP contribution in [0.1, 0.15) is 18.5 Å². The molecule has 0 bridgehead atoms. The van der Waals surface area contributed by atoms with Crippen LogP contribution in [0, 0.1) is 0 Å². The molecule has 3 atom stereocenters. The molecule has 2 unspecified atom stereocenters. The van der Waals surface area contributed by atoms with Gasteiger partial charge in [0.2, 0.25) is 0 Å². The molecule has 3 nitrogen and oxygen atoms in total. The monoisotopic (exact) mass is 241 g/mol. The van der Waals surface area contributed by atoms with Crippen LogP contribution in [-0.4, -0.2) is 30.5 Å². The molecule has 1 aromatic carbocycles. The number of nitrogens with one attached hydrogen (secondary N) is 1. The molecule has 1 heterocycles. The Labute approximate surface area is 100 Å². The summed E-state index contributed by atoms with van der Waals surface area (Å²) in [5.74, 6) is 0. The lowest BCUT2D eigenvalue weighted by Crippen LogP contribution is -2.40. The number of aliphatic hydroxyl groups excluding tert-OH is 1. The summed E-state index contributed by atoms with van der Waals surface area (Å²) in [6, 6.07) is 7.89. The number of aliphatic hydroxyl groups is 1. The van der Waals surface area contributed by atoms with Gasteiger partial charge in [0.25, 0.3) is 0 Å². The molecule has 0 aromatic heterocycles. The number of hydrogen-bond acceptors (Lipinski definition) is 3. The Morgan fingerprint density at radius 1 is 1.50 bits per heavy atom. The van der Waals surface area contributed by atoms with Crippen molar-refractivity contribution < 1.29 is 9.84 Å². The van der Waals surface area contributed by atoms with Crippen LogP contribution in [0.4, 0.5) is 0 Å². The average molecular weight is 242 g/mol. The van der Waals surface area contributed by atoms with E-state index in [1.54, 1.807) is 0 Å². The minimum atomic E-state index is -0.415. The van der Waals surface area contributed by atoms with Crippen molar-refractivity contribution in [3.8, 4) is 0 Å². The summed E-state index contributed by atoms with van der Waals surface area (Å²) < 4.78 is 5.19. The Morgan fingerprint density at radius 2 is 2.31 bits per heavy atom. The topological polar surface area (TPSA) is 41.5 Å². The van der Waals surface area contributed by atoms with Gasteiger partial charge in [0.05, 0.1) is 25.4 Å². The fraction of sp³-hybridized carbons (Fsp3) is 0.500. The second kappa shape index (κ2) is 5.15. The van der Waals surface area contributed by atoms with Gasteiger partial charge in [-0.1, -0.05) is 23.7 Å². The van der Waals surface area contributed by atoms with Gasteiger partial charge in [0.15, 0.2) is 0 Å². The summed E-state index contributed by atoms with van der Waals surface area (Å²) in [6.45, 7) is 3.03. The van der Waals surface area contributed by atoms with E-state index < -0.39 is 6.10 Å². The highest BCUT2D eigenvalue weighted by molar-refractivity contribution is 6.30. The third kappa shape index (κ3) is 2.74. The summed E-state index contributed by atoms with van der Waals surface area (Å²) in [5, 5.41) is 13.7. The van der Waals surface area contributed by atoms with Crippen LogP contribution in [0.2, 0.25) is 5.02 Å². The van der Waals surface area contributed by atoms with Crippen LogP contribution in [0.15, 0.2) is 24.3 Å². The molecule has 0 radical (unpaired) electrons. The molecular weight excluding hydrogens is 226 g/mol. The number of rotatable bonds is 3. The Morgan fingerprint density at radius 3 is 2.94 bits per heavy atom. The second-order valence-electron chi connectivity index (χ2n) is 4.15. The predicted molar refractivity (Wildman–Crippen MR) is 63.6 cm³/mol. The summed E-state index contributed by atoms with van der Waals surface area (Å²) in [6.07, 6.45) is -0.415. The van der Waals surface area contributed by atoms with E-state index in [0.717, 1.165) is 10.6 Å². The number of ether oxygens (including phenoxy) is 1. The van der Waals surface area contributed by atoms with Crippen molar-refractivity contribution in [1.82, 2.24) is 5.32 Å². The SMILES string of the molecule is C[C@H](NC1COCC1O)c1cccc(Cl)c1. The average Bonchev–Trinajstić information content (AvgIpc) is 2.64. The van der Waals surface area contributed by atoms with Gasteiger partial charge in [-0.05, 0) is 24.6 Å². The van der Waals surface area contributed by atoms with Crippen molar-refractivity contribution in [2.24, 2.45) is 0 Å². The molecule has 1 fully saturated rings.